The zero-order chi connectivity index (χ0) is 13.9. The van der Waals surface area contributed by atoms with Gasteiger partial charge in [0.25, 0.3) is 0 Å². The van der Waals surface area contributed by atoms with Gasteiger partial charge in [-0.25, -0.2) is 0 Å². The molecule has 19 heavy (non-hydrogen) atoms. The maximum Gasteiger partial charge on any atom is 0.416 e. The summed E-state index contributed by atoms with van der Waals surface area (Å²) in [4.78, 5) is 0. The van der Waals surface area contributed by atoms with Gasteiger partial charge >= 0.3 is 6.18 Å². The summed E-state index contributed by atoms with van der Waals surface area (Å²) in [6.07, 6.45) is -2.53. The van der Waals surface area contributed by atoms with Crippen molar-refractivity contribution in [3.63, 3.8) is 0 Å². The molecular formula is C14H18F3NO. The van der Waals surface area contributed by atoms with E-state index in [2.05, 4.69) is 5.32 Å². The van der Waals surface area contributed by atoms with E-state index >= 15 is 0 Å². The summed E-state index contributed by atoms with van der Waals surface area (Å²) in [5, 5.41) is 3.02. The van der Waals surface area contributed by atoms with E-state index in [4.69, 9.17) is 4.74 Å². The molecule has 0 aliphatic carbocycles. The van der Waals surface area contributed by atoms with Gasteiger partial charge in [-0.1, -0.05) is 18.2 Å². The lowest BCUT2D eigenvalue weighted by molar-refractivity contribution is -0.138. The molecule has 1 aliphatic rings. The van der Waals surface area contributed by atoms with Crippen LogP contribution in [0.25, 0.3) is 0 Å². The second-order valence-electron chi connectivity index (χ2n) is 4.83. The van der Waals surface area contributed by atoms with Crippen LogP contribution in [0.15, 0.2) is 24.3 Å². The highest BCUT2D eigenvalue weighted by atomic mass is 19.4. The first-order valence-electron chi connectivity index (χ1n) is 6.45. The molecule has 0 spiro atoms. The monoisotopic (exact) mass is 273 g/mol. The molecule has 0 amide bonds. The third kappa shape index (κ3) is 3.28. The molecule has 1 fully saturated rings. The van der Waals surface area contributed by atoms with Crippen LogP contribution in [-0.2, 0) is 10.9 Å². The fraction of sp³-hybridized carbons (Fsp3) is 0.571. The number of nitrogens with one attached hydrogen (secondary N) is 1. The molecule has 2 unspecified atom stereocenters. The highest BCUT2D eigenvalue weighted by molar-refractivity contribution is 5.33. The molecule has 0 radical (unpaired) electrons. The zero-order valence-corrected chi connectivity index (χ0v) is 10.8. The smallest absolute Gasteiger partial charge is 0.381 e. The summed E-state index contributed by atoms with van der Waals surface area (Å²) in [7, 11) is 1.70. The van der Waals surface area contributed by atoms with Crippen LogP contribution in [0, 0.1) is 5.92 Å². The Morgan fingerprint density at radius 3 is 2.63 bits per heavy atom. The number of hydrogen-bond acceptors (Lipinski definition) is 2. The van der Waals surface area contributed by atoms with Crippen molar-refractivity contribution in [1.29, 1.82) is 0 Å². The Bertz CT molecular complexity index is 413. The van der Waals surface area contributed by atoms with Gasteiger partial charge in [-0.15, -0.1) is 0 Å². The van der Waals surface area contributed by atoms with Crippen LogP contribution in [0.1, 0.15) is 30.0 Å². The number of hydrogen-bond donors (Lipinski definition) is 1. The lowest BCUT2D eigenvalue weighted by atomic mass is 9.86. The first-order chi connectivity index (χ1) is 9.04. The van der Waals surface area contributed by atoms with E-state index in [1.165, 1.54) is 6.07 Å². The third-order valence-corrected chi connectivity index (χ3v) is 3.58. The van der Waals surface area contributed by atoms with Gasteiger partial charge in [0.2, 0.25) is 0 Å². The van der Waals surface area contributed by atoms with E-state index in [0.29, 0.717) is 18.8 Å². The van der Waals surface area contributed by atoms with Gasteiger partial charge in [-0.3, -0.25) is 0 Å². The fourth-order valence-corrected chi connectivity index (χ4v) is 2.70. The number of benzene rings is 1. The highest BCUT2D eigenvalue weighted by Gasteiger charge is 2.36. The first kappa shape index (κ1) is 14.3. The minimum atomic E-state index is -4.32. The van der Waals surface area contributed by atoms with Crippen molar-refractivity contribution in [2.45, 2.75) is 25.1 Å². The molecule has 1 heterocycles. The van der Waals surface area contributed by atoms with Crippen LogP contribution in [0.2, 0.25) is 0 Å². The van der Waals surface area contributed by atoms with Crippen LogP contribution in [0.3, 0.4) is 0 Å². The Hall–Kier alpha value is -1.07. The maximum absolute atomic E-state index is 13.1. The fourth-order valence-electron chi connectivity index (χ4n) is 2.70. The molecule has 5 heteroatoms. The van der Waals surface area contributed by atoms with Crippen LogP contribution in [0.4, 0.5) is 13.2 Å². The number of alkyl halides is 3. The number of ether oxygens (including phenoxy) is 1. The van der Waals surface area contributed by atoms with Crippen molar-refractivity contribution in [1.82, 2.24) is 5.32 Å². The second-order valence-corrected chi connectivity index (χ2v) is 4.83. The highest BCUT2D eigenvalue weighted by Crippen LogP contribution is 2.38. The molecule has 1 aromatic carbocycles. The summed E-state index contributed by atoms with van der Waals surface area (Å²) in [6, 6.07) is 5.45. The van der Waals surface area contributed by atoms with Gasteiger partial charge in [0, 0.05) is 18.6 Å². The average molecular weight is 273 g/mol. The quantitative estimate of drug-likeness (QED) is 0.911. The molecule has 1 aromatic rings. The van der Waals surface area contributed by atoms with Crippen molar-refractivity contribution in [2.24, 2.45) is 5.92 Å². The minimum Gasteiger partial charge on any atom is -0.381 e. The molecule has 1 saturated heterocycles. The lowest BCUT2D eigenvalue weighted by Crippen LogP contribution is -2.32. The number of halogens is 3. The van der Waals surface area contributed by atoms with Crippen LogP contribution < -0.4 is 5.32 Å². The molecule has 0 saturated carbocycles. The molecule has 2 rings (SSSR count). The summed E-state index contributed by atoms with van der Waals surface area (Å²) < 4.78 is 44.6. The standard InChI is InChI=1S/C14H18F3NO/c1-18-13(10-5-4-8-19-9-10)11-6-2-3-7-12(11)14(15,16)17/h2-3,6-7,10,13,18H,4-5,8-9H2,1H3. The normalized spacial score (nSPS) is 22.2. The Morgan fingerprint density at radius 1 is 1.32 bits per heavy atom. The molecule has 0 aromatic heterocycles. The van der Waals surface area contributed by atoms with Gasteiger partial charge in [0.15, 0.2) is 0 Å². The summed E-state index contributed by atoms with van der Waals surface area (Å²) in [5.74, 6) is 0.0854. The van der Waals surface area contributed by atoms with Gasteiger partial charge in [-0.05, 0) is 31.5 Å². The third-order valence-electron chi connectivity index (χ3n) is 3.58. The summed E-state index contributed by atoms with van der Waals surface area (Å²) in [5.41, 5.74) is -0.243. The number of rotatable bonds is 3. The van der Waals surface area contributed by atoms with E-state index in [1.807, 2.05) is 0 Å². The molecule has 1 N–H and O–H groups in total. The summed E-state index contributed by atoms with van der Waals surface area (Å²) >= 11 is 0. The second kappa shape index (κ2) is 5.92. The van der Waals surface area contributed by atoms with Gasteiger partial charge in [0.1, 0.15) is 0 Å². The van der Waals surface area contributed by atoms with E-state index in [9.17, 15) is 13.2 Å². The molecule has 0 bridgehead atoms. The van der Waals surface area contributed by atoms with Crippen molar-refractivity contribution < 1.29 is 17.9 Å². The van der Waals surface area contributed by atoms with Crippen molar-refractivity contribution in [2.75, 3.05) is 20.3 Å². The maximum atomic E-state index is 13.1. The molecule has 106 valence electrons. The largest absolute Gasteiger partial charge is 0.416 e. The SMILES string of the molecule is CNC(c1ccccc1C(F)(F)F)C1CCCOC1. The molecule has 2 nitrogen and oxygen atoms in total. The minimum absolute atomic E-state index is 0.0854. The van der Waals surface area contributed by atoms with E-state index in [0.717, 1.165) is 18.9 Å². The predicted octanol–water partition coefficient (Wildman–Crippen LogP) is 3.39. The van der Waals surface area contributed by atoms with Crippen LogP contribution in [-0.4, -0.2) is 20.3 Å². The Morgan fingerprint density at radius 2 is 2.05 bits per heavy atom. The van der Waals surface area contributed by atoms with Crippen molar-refractivity contribution in [3.05, 3.63) is 35.4 Å². The summed E-state index contributed by atoms with van der Waals surface area (Å²) in [6.45, 7) is 1.21. The topological polar surface area (TPSA) is 21.3 Å². The van der Waals surface area contributed by atoms with Crippen LogP contribution >= 0.6 is 0 Å². The van der Waals surface area contributed by atoms with E-state index in [-0.39, 0.29) is 12.0 Å². The molecule has 1 aliphatic heterocycles. The Kier molecular flexibility index (Phi) is 4.47. The lowest BCUT2D eigenvalue weighted by Gasteiger charge is -2.31. The first-order valence-corrected chi connectivity index (χ1v) is 6.45. The van der Waals surface area contributed by atoms with E-state index < -0.39 is 11.7 Å². The molecule has 2 atom stereocenters. The average Bonchev–Trinajstić information content (AvgIpc) is 2.40. The van der Waals surface area contributed by atoms with Crippen molar-refractivity contribution >= 4 is 0 Å². The van der Waals surface area contributed by atoms with E-state index in [1.54, 1.807) is 19.2 Å². The predicted molar refractivity (Wildman–Crippen MR) is 66.8 cm³/mol. The van der Waals surface area contributed by atoms with Gasteiger partial charge in [-0.2, -0.15) is 13.2 Å². The Labute approximate surface area is 111 Å². The molecular weight excluding hydrogens is 255 g/mol. The van der Waals surface area contributed by atoms with Gasteiger partial charge in [0.05, 0.1) is 12.2 Å². The van der Waals surface area contributed by atoms with Gasteiger partial charge < -0.3 is 10.1 Å². The van der Waals surface area contributed by atoms with Crippen molar-refractivity contribution in [3.8, 4) is 0 Å². The Balaban J connectivity index is 2.32. The zero-order valence-electron chi connectivity index (χ0n) is 10.8. The van der Waals surface area contributed by atoms with Crippen LogP contribution in [0.5, 0.6) is 0 Å².